The largest absolute Gasteiger partial charge is 0.523 e. The van der Waals surface area contributed by atoms with Crippen LogP contribution in [0.4, 0.5) is 0 Å². The van der Waals surface area contributed by atoms with Crippen molar-refractivity contribution in [2.24, 2.45) is 0 Å². The maximum absolute atomic E-state index is 5.53. The van der Waals surface area contributed by atoms with Crippen molar-refractivity contribution >= 4 is 34.9 Å². The van der Waals surface area contributed by atoms with E-state index < -0.39 is 17.6 Å². The van der Waals surface area contributed by atoms with Crippen LogP contribution in [0.5, 0.6) is 0 Å². The van der Waals surface area contributed by atoms with E-state index in [1.807, 2.05) is 13.8 Å². The summed E-state index contributed by atoms with van der Waals surface area (Å²) in [6.45, 7) is 4.02. The van der Waals surface area contributed by atoms with Crippen LogP contribution >= 0.6 is 12.2 Å². The highest BCUT2D eigenvalue weighted by Gasteiger charge is 2.49. The Kier molecular flexibility index (Phi) is 11.4. The molecule has 144 valence electrons. The van der Waals surface area contributed by atoms with Gasteiger partial charge in [-0.15, -0.1) is 0 Å². The standard InChI is InChI=1S/C13H32N2O6SSi2/c1-9-11(23(16-3,17-4)18-5)14-13(22)15-12(10-2)24(19-6,20-7)21-8/h11-12H,9-10H2,1-8H3,(H2,14,15,22). The number of hydrogen-bond donors (Lipinski definition) is 2. The summed E-state index contributed by atoms with van der Waals surface area (Å²) in [6, 6.07) is 0. The Morgan fingerprint density at radius 1 is 0.708 bits per heavy atom. The van der Waals surface area contributed by atoms with E-state index in [1.54, 1.807) is 42.7 Å². The molecular formula is C13H32N2O6SSi2. The van der Waals surface area contributed by atoms with Crippen molar-refractivity contribution in [3.8, 4) is 0 Å². The Labute approximate surface area is 153 Å². The summed E-state index contributed by atoms with van der Waals surface area (Å²) in [4.78, 5) is 0. The minimum Gasteiger partial charge on any atom is -0.376 e. The van der Waals surface area contributed by atoms with E-state index in [4.69, 9.17) is 38.8 Å². The lowest BCUT2D eigenvalue weighted by atomic mass is 10.4. The van der Waals surface area contributed by atoms with Gasteiger partial charge in [0.1, 0.15) is 0 Å². The molecule has 0 aliphatic rings. The lowest BCUT2D eigenvalue weighted by Crippen LogP contribution is -2.66. The topological polar surface area (TPSA) is 79.4 Å². The molecule has 0 rings (SSSR count). The van der Waals surface area contributed by atoms with Crippen LogP contribution in [0.3, 0.4) is 0 Å². The summed E-state index contributed by atoms with van der Waals surface area (Å²) in [5.74, 6) is 0. The van der Waals surface area contributed by atoms with Gasteiger partial charge in [0.25, 0.3) is 0 Å². The Hall–Kier alpha value is -0.116. The molecule has 0 aliphatic heterocycles. The zero-order valence-electron chi connectivity index (χ0n) is 15.9. The van der Waals surface area contributed by atoms with E-state index in [9.17, 15) is 0 Å². The molecule has 2 atom stereocenters. The van der Waals surface area contributed by atoms with Gasteiger partial charge in [-0.25, -0.2) is 0 Å². The van der Waals surface area contributed by atoms with Gasteiger partial charge in [-0.05, 0) is 25.1 Å². The highest BCUT2D eigenvalue weighted by atomic mass is 32.1. The number of nitrogens with one attached hydrogen (secondary N) is 2. The van der Waals surface area contributed by atoms with E-state index in [2.05, 4.69) is 10.6 Å². The van der Waals surface area contributed by atoms with Gasteiger partial charge < -0.3 is 37.2 Å². The van der Waals surface area contributed by atoms with Gasteiger partial charge in [0.2, 0.25) is 0 Å². The van der Waals surface area contributed by atoms with Crippen molar-refractivity contribution in [3.63, 3.8) is 0 Å². The van der Waals surface area contributed by atoms with Crippen molar-refractivity contribution in [2.45, 2.75) is 38.0 Å². The first-order chi connectivity index (χ1) is 11.4. The molecule has 0 fully saturated rings. The molecule has 0 aromatic rings. The molecule has 8 nitrogen and oxygen atoms in total. The maximum atomic E-state index is 5.53. The molecule has 11 heteroatoms. The van der Waals surface area contributed by atoms with Crippen molar-refractivity contribution in [1.82, 2.24) is 10.6 Å². The fourth-order valence-corrected chi connectivity index (χ4v) is 7.44. The second-order valence-corrected chi connectivity index (χ2v) is 11.6. The normalized spacial score (nSPS) is 15.0. The molecule has 0 saturated heterocycles. The maximum Gasteiger partial charge on any atom is 0.523 e. The van der Waals surface area contributed by atoms with Gasteiger partial charge in [0.15, 0.2) is 5.11 Å². The molecule has 0 bridgehead atoms. The van der Waals surface area contributed by atoms with Crippen LogP contribution in [0.25, 0.3) is 0 Å². The van der Waals surface area contributed by atoms with Gasteiger partial charge in [-0.1, -0.05) is 13.8 Å². The molecule has 0 aliphatic carbocycles. The van der Waals surface area contributed by atoms with E-state index in [0.717, 1.165) is 12.8 Å². The Morgan fingerprint density at radius 3 is 1.12 bits per heavy atom. The molecule has 0 spiro atoms. The number of thiocarbonyl (C=S) groups is 1. The summed E-state index contributed by atoms with van der Waals surface area (Å²) >= 11 is 5.45. The van der Waals surface area contributed by atoms with Crippen LogP contribution in [0.1, 0.15) is 26.7 Å². The van der Waals surface area contributed by atoms with E-state index in [0.29, 0.717) is 5.11 Å². The SMILES string of the molecule is CCC(NC(=S)NC(CC)[Si](OC)(OC)OC)[Si](OC)(OC)OC. The van der Waals surface area contributed by atoms with E-state index in [1.165, 1.54) is 0 Å². The second-order valence-electron chi connectivity index (χ2n) is 4.97. The zero-order valence-corrected chi connectivity index (χ0v) is 18.7. The third-order valence-electron chi connectivity index (χ3n) is 3.99. The monoisotopic (exact) mass is 400 g/mol. The second kappa shape index (κ2) is 11.5. The van der Waals surface area contributed by atoms with E-state index >= 15 is 0 Å². The lowest BCUT2D eigenvalue weighted by molar-refractivity contribution is 0.107. The van der Waals surface area contributed by atoms with Crippen LogP contribution in [0.2, 0.25) is 0 Å². The summed E-state index contributed by atoms with van der Waals surface area (Å²) in [7, 11) is 3.74. The molecule has 2 unspecified atom stereocenters. The highest BCUT2D eigenvalue weighted by Crippen LogP contribution is 2.17. The van der Waals surface area contributed by atoms with Crippen molar-refractivity contribution in [1.29, 1.82) is 0 Å². The molecule has 0 heterocycles. The third-order valence-corrected chi connectivity index (χ3v) is 10.5. The molecular weight excluding hydrogens is 368 g/mol. The lowest BCUT2D eigenvalue weighted by Gasteiger charge is -2.36. The van der Waals surface area contributed by atoms with Crippen LogP contribution in [-0.2, 0) is 26.6 Å². The van der Waals surface area contributed by atoms with Gasteiger partial charge in [0.05, 0.1) is 11.3 Å². The summed E-state index contributed by atoms with van der Waals surface area (Å²) in [5, 5.41) is 6.91. The van der Waals surface area contributed by atoms with Crippen LogP contribution in [0.15, 0.2) is 0 Å². The van der Waals surface area contributed by atoms with Gasteiger partial charge >= 0.3 is 17.6 Å². The quantitative estimate of drug-likeness (QED) is 0.366. The van der Waals surface area contributed by atoms with Crippen LogP contribution in [0, 0.1) is 0 Å². The van der Waals surface area contributed by atoms with Gasteiger partial charge in [-0.2, -0.15) is 0 Å². The zero-order chi connectivity index (χ0) is 18.8. The predicted octanol–water partition coefficient (Wildman–Crippen LogP) is 0.842. The summed E-state index contributed by atoms with van der Waals surface area (Å²) < 4.78 is 33.2. The minimum absolute atomic E-state index is 0.182. The molecule has 0 amide bonds. The molecule has 0 saturated carbocycles. The fourth-order valence-electron chi connectivity index (χ4n) is 2.59. The Morgan fingerprint density at radius 2 is 0.958 bits per heavy atom. The average Bonchev–Trinajstić information content (AvgIpc) is 2.63. The van der Waals surface area contributed by atoms with E-state index in [-0.39, 0.29) is 11.3 Å². The Bertz CT molecular complexity index is 324. The minimum atomic E-state index is -2.86. The first-order valence-electron chi connectivity index (χ1n) is 7.76. The summed E-state index contributed by atoms with van der Waals surface area (Å²) in [6.07, 6.45) is 1.45. The smallest absolute Gasteiger partial charge is 0.376 e. The number of rotatable bonds is 12. The van der Waals surface area contributed by atoms with Crippen molar-refractivity contribution < 1.29 is 26.6 Å². The molecule has 2 N–H and O–H groups in total. The Balaban J connectivity index is 5.14. The molecule has 0 aromatic carbocycles. The third kappa shape index (κ3) is 5.44. The van der Waals surface area contributed by atoms with Crippen molar-refractivity contribution in [2.75, 3.05) is 42.7 Å². The molecule has 24 heavy (non-hydrogen) atoms. The van der Waals surface area contributed by atoms with Gasteiger partial charge in [-0.3, -0.25) is 0 Å². The van der Waals surface area contributed by atoms with Gasteiger partial charge in [0, 0.05) is 42.7 Å². The highest BCUT2D eigenvalue weighted by molar-refractivity contribution is 7.80. The predicted molar refractivity (Wildman–Crippen MR) is 101 cm³/mol. The molecule has 0 aromatic heterocycles. The van der Waals surface area contributed by atoms with Crippen LogP contribution in [-0.4, -0.2) is 76.7 Å². The van der Waals surface area contributed by atoms with Crippen LogP contribution < -0.4 is 10.6 Å². The first-order valence-corrected chi connectivity index (χ1v) is 11.8. The molecule has 0 radical (unpaired) electrons. The first kappa shape index (κ1) is 23.9. The fraction of sp³-hybridized carbons (Fsp3) is 0.923. The summed E-state index contributed by atoms with van der Waals surface area (Å²) in [5.41, 5.74) is -0.364. The average molecular weight is 401 g/mol. The number of hydrogen-bond acceptors (Lipinski definition) is 7. The van der Waals surface area contributed by atoms with Crippen molar-refractivity contribution in [3.05, 3.63) is 0 Å².